The highest BCUT2D eigenvalue weighted by Gasteiger charge is 2.25. The molecule has 176 valence electrons. The van der Waals surface area contributed by atoms with Crippen molar-refractivity contribution < 1.29 is 17.9 Å². The molecule has 4 rings (SSSR count). The first-order valence-corrected chi connectivity index (χ1v) is 12.3. The van der Waals surface area contributed by atoms with Gasteiger partial charge in [-0.3, -0.25) is 0 Å². The van der Waals surface area contributed by atoms with Gasteiger partial charge >= 0.3 is 0 Å². The molecule has 0 aromatic heterocycles. The van der Waals surface area contributed by atoms with Crippen LogP contribution in [0.15, 0.2) is 70.5 Å². The fraction of sp³-hybridized carbons (Fsp3) is 0.280. The number of nitrogens with zero attached hydrogens (tertiary/aromatic N) is 1. The fourth-order valence-electron chi connectivity index (χ4n) is 3.80. The average molecular weight is 508 g/mol. The van der Waals surface area contributed by atoms with Crippen molar-refractivity contribution in [1.82, 2.24) is 4.90 Å². The van der Waals surface area contributed by atoms with Gasteiger partial charge in [0.1, 0.15) is 23.0 Å². The molecule has 0 amide bonds. The predicted octanol–water partition coefficient (Wildman–Crippen LogP) is 5.21. The topological polar surface area (TPSA) is 55.8 Å². The van der Waals surface area contributed by atoms with Gasteiger partial charge in [-0.05, 0) is 85.1 Å². The second kappa shape index (κ2) is 10.8. The van der Waals surface area contributed by atoms with Crippen molar-refractivity contribution in [3.63, 3.8) is 0 Å². The highest BCUT2D eigenvalue weighted by molar-refractivity contribution is 7.91. The smallest absolute Gasteiger partial charge is 0.210 e. The van der Waals surface area contributed by atoms with Crippen LogP contribution >= 0.6 is 24.0 Å². The molecule has 1 heterocycles. The molecule has 0 N–H and O–H groups in total. The number of fused-ring (bicyclic) bond motifs is 1. The largest absolute Gasteiger partial charge is 0.495 e. The molecule has 1 aliphatic heterocycles. The molecule has 0 saturated carbocycles. The summed E-state index contributed by atoms with van der Waals surface area (Å²) in [5.41, 5.74) is 3.09. The number of halogens is 2. The van der Waals surface area contributed by atoms with Crippen molar-refractivity contribution in [2.24, 2.45) is 0 Å². The van der Waals surface area contributed by atoms with E-state index in [0.29, 0.717) is 23.1 Å². The first kappa shape index (κ1) is 25.4. The van der Waals surface area contributed by atoms with Crippen molar-refractivity contribution in [1.29, 1.82) is 0 Å². The van der Waals surface area contributed by atoms with E-state index >= 15 is 0 Å². The summed E-state index contributed by atoms with van der Waals surface area (Å²) in [6.07, 6.45) is 1.70. The van der Waals surface area contributed by atoms with E-state index in [1.807, 2.05) is 6.07 Å². The summed E-state index contributed by atoms with van der Waals surface area (Å²) in [4.78, 5) is 2.70. The van der Waals surface area contributed by atoms with Crippen LogP contribution in [0.4, 0.5) is 0 Å². The summed E-state index contributed by atoms with van der Waals surface area (Å²) >= 11 is 5.89. The highest BCUT2D eigenvalue weighted by Crippen LogP contribution is 2.33. The van der Waals surface area contributed by atoms with E-state index in [4.69, 9.17) is 21.1 Å². The Morgan fingerprint density at radius 2 is 1.55 bits per heavy atom. The normalized spacial score (nSPS) is 14.0. The van der Waals surface area contributed by atoms with Gasteiger partial charge in [0, 0.05) is 18.1 Å². The Labute approximate surface area is 206 Å². The van der Waals surface area contributed by atoms with Crippen molar-refractivity contribution in [2.45, 2.75) is 29.2 Å². The zero-order valence-electron chi connectivity index (χ0n) is 18.6. The second-order valence-electron chi connectivity index (χ2n) is 7.97. The predicted molar refractivity (Wildman–Crippen MR) is 133 cm³/mol. The second-order valence-corrected chi connectivity index (χ2v) is 10.3. The molecule has 0 unspecified atom stereocenters. The zero-order valence-corrected chi connectivity index (χ0v) is 21.0. The molecule has 0 spiro atoms. The van der Waals surface area contributed by atoms with Crippen LogP contribution in [0.5, 0.6) is 11.5 Å². The molecule has 0 aliphatic carbocycles. The maximum absolute atomic E-state index is 13.4. The van der Waals surface area contributed by atoms with E-state index in [-0.39, 0.29) is 22.2 Å². The SMILES string of the molecule is COc1cc2c(cc1S(=O)(=O)c1ccc(COc3ccc(Cl)cc3)cc1)CCN(C)CC2.Cl. The van der Waals surface area contributed by atoms with Gasteiger partial charge in [-0.1, -0.05) is 23.7 Å². The van der Waals surface area contributed by atoms with E-state index in [0.717, 1.165) is 42.6 Å². The molecule has 1 aliphatic rings. The fourth-order valence-corrected chi connectivity index (χ4v) is 5.38. The minimum Gasteiger partial charge on any atom is -0.495 e. The summed E-state index contributed by atoms with van der Waals surface area (Å²) in [5, 5.41) is 0.646. The van der Waals surface area contributed by atoms with Gasteiger partial charge in [0.05, 0.1) is 12.0 Å². The molecule has 0 bridgehead atoms. The van der Waals surface area contributed by atoms with Crippen molar-refractivity contribution in [3.05, 3.63) is 82.4 Å². The maximum atomic E-state index is 13.4. The van der Waals surface area contributed by atoms with Crippen LogP contribution in [0.1, 0.15) is 16.7 Å². The molecule has 3 aromatic rings. The third-order valence-corrected chi connectivity index (χ3v) is 7.80. The van der Waals surface area contributed by atoms with Crippen LogP contribution in [0, 0.1) is 0 Å². The molecule has 8 heteroatoms. The third kappa shape index (κ3) is 5.82. The summed E-state index contributed by atoms with van der Waals surface area (Å²) in [7, 11) is -0.126. The van der Waals surface area contributed by atoms with E-state index in [1.54, 1.807) is 54.6 Å². The lowest BCUT2D eigenvalue weighted by atomic mass is 10.0. The number of likely N-dealkylation sites (N-methyl/N-ethyl adjacent to an activating group) is 1. The summed E-state index contributed by atoms with van der Waals surface area (Å²) in [5.74, 6) is 1.09. The Bertz CT molecular complexity index is 1200. The lowest BCUT2D eigenvalue weighted by molar-refractivity contribution is 0.306. The molecule has 0 atom stereocenters. The lowest BCUT2D eigenvalue weighted by Gasteiger charge is -2.15. The molecule has 0 saturated heterocycles. The molecule has 3 aromatic carbocycles. The van der Waals surface area contributed by atoms with Gasteiger partial charge in [-0.2, -0.15) is 0 Å². The number of rotatable bonds is 6. The molecular weight excluding hydrogens is 481 g/mol. The minimum atomic E-state index is -3.72. The van der Waals surface area contributed by atoms with Gasteiger partial charge in [0.2, 0.25) is 9.84 Å². The standard InChI is InChI=1S/C25H26ClNO4S.ClH/c1-27-13-11-19-15-24(30-2)25(16-20(19)12-14-27)32(28,29)23-9-3-18(4-10-23)17-31-22-7-5-21(26)6-8-22;/h3-10,15-16H,11-14,17H2,1-2H3;1H. The highest BCUT2D eigenvalue weighted by atomic mass is 35.5. The molecular formula is C25H27Cl2NO4S. The van der Waals surface area contributed by atoms with Gasteiger partial charge in [0.25, 0.3) is 0 Å². The van der Waals surface area contributed by atoms with E-state index in [1.165, 1.54) is 7.11 Å². The summed E-state index contributed by atoms with van der Waals surface area (Å²) in [6, 6.07) is 17.6. The Morgan fingerprint density at radius 1 is 0.939 bits per heavy atom. The molecule has 5 nitrogen and oxygen atoms in total. The molecule has 33 heavy (non-hydrogen) atoms. The summed E-state index contributed by atoms with van der Waals surface area (Å²) < 4.78 is 38.1. The number of benzene rings is 3. The van der Waals surface area contributed by atoms with E-state index < -0.39 is 9.84 Å². The van der Waals surface area contributed by atoms with Crippen LogP contribution in [0.3, 0.4) is 0 Å². The maximum Gasteiger partial charge on any atom is 0.210 e. The molecule has 0 fully saturated rings. The monoisotopic (exact) mass is 507 g/mol. The van der Waals surface area contributed by atoms with Crippen LogP contribution in [-0.2, 0) is 29.3 Å². The average Bonchev–Trinajstić information content (AvgIpc) is 2.99. The van der Waals surface area contributed by atoms with Crippen LogP contribution < -0.4 is 9.47 Å². The molecule has 0 radical (unpaired) electrons. The number of hydrogen-bond donors (Lipinski definition) is 0. The van der Waals surface area contributed by atoms with Crippen LogP contribution in [-0.4, -0.2) is 40.6 Å². The van der Waals surface area contributed by atoms with Gasteiger partial charge in [-0.25, -0.2) is 8.42 Å². The van der Waals surface area contributed by atoms with E-state index in [2.05, 4.69) is 11.9 Å². The lowest BCUT2D eigenvalue weighted by Crippen LogP contribution is -2.20. The van der Waals surface area contributed by atoms with Crippen LogP contribution in [0.25, 0.3) is 0 Å². The number of ether oxygens (including phenoxy) is 2. The Balaban J connectivity index is 0.00000306. The summed E-state index contributed by atoms with van der Waals surface area (Å²) in [6.45, 7) is 2.18. The Kier molecular flexibility index (Phi) is 8.29. The van der Waals surface area contributed by atoms with Gasteiger partial charge in [-0.15, -0.1) is 12.4 Å². The van der Waals surface area contributed by atoms with Crippen LogP contribution in [0.2, 0.25) is 5.02 Å². The van der Waals surface area contributed by atoms with Crippen molar-refractivity contribution >= 4 is 33.8 Å². The number of methoxy groups -OCH3 is 1. The first-order chi connectivity index (χ1) is 15.4. The third-order valence-electron chi connectivity index (χ3n) is 5.75. The van der Waals surface area contributed by atoms with Gasteiger partial charge < -0.3 is 14.4 Å². The zero-order chi connectivity index (χ0) is 22.7. The quantitative estimate of drug-likeness (QED) is 0.458. The van der Waals surface area contributed by atoms with Crippen molar-refractivity contribution in [2.75, 3.05) is 27.2 Å². The van der Waals surface area contributed by atoms with Gasteiger partial charge in [0.15, 0.2) is 0 Å². The number of sulfone groups is 1. The van der Waals surface area contributed by atoms with E-state index in [9.17, 15) is 8.42 Å². The first-order valence-electron chi connectivity index (χ1n) is 10.5. The Morgan fingerprint density at radius 3 is 2.15 bits per heavy atom. The Hall–Kier alpha value is -2.25. The number of hydrogen-bond acceptors (Lipinski definition) is 5. The minimum absolute atomic E-state index is 0. The van der Waals surface area contributed by atoms with Crippen molar-refractivity contribution in [3.8, 4) is 11.5 Å².